The molecule has 1 rings (SSSR count). The summed E-state index contributed by atoms with van der Waals surface area (Å²) in [5.41, 5.74) is 0.0759. The summed E-state index contributed by atoms with van der Waals surface area (Å²) in [5.74, 6) is -0.590. The first-order valence-electron chi connectivity index (χ1n) is 6.53. The second-order valence-corrected chi connectivity index (χ2v) is 5.45. The van der Waals surface area contributed by atoms with Crippen LogP contribution >= 0.6 is 0 Å². The third kappa shape index (κ3) is 5.39. The standard InChI is InChI=1S/C15H22FNO2/c1-5-13(11-8-6-7-9-12(11)16)17-10-14(18)19-15(2,3)4/h6-9,13,17H,5,10H2,1-4H3. The number of nitrogens with one attached hydrogen (secondary N) is 1. The van der Waals surface area contributed by atoms with E-state index in [0.29, 0.717) is 12.0 Å². The molecule has 0 amide bonds. The number of hydrogen-bond acceptors (Lipinski definition) is 3. The van der Waals surface area contributed by atoms with E-state index in [1.54, 1.807) is 18.2 Å². The zero-order valence-corrected chi connectivity index (χ0v) is 12.0. The van der Waals surface area contributed by atoms with E-state index in [-0.39, 0.29) is 24.4 Å². The van der Waals surface area contributed by atoms with Gasteiger partial charge in [-0.25, -0.2) is 4.39 Å². The lowest BCUT2D eigenvalue weighted by Gasteiger charge is -2.22. The summed E-state index contributed by atoms with van der Waals surface area (Å²) in [4.78, 5) is 11.6. The summed E-state index contributed by atoms with van der Waals surface area (Å²) >= 11 is 0. The number of carbonyl (C=O) groups is 1. The smallest absolute Gasteiger partial charge is 0.320 e. The Kier molecular flexibility index (Phi) is 5.48. The predicted octanol–water partition coefficient (Wildman–Crippen LogP) is 3.21. The van der Waals surface area contributed by atoms with E-state index in [9.17, 15) is 9.18 Å². The topological polar surface area (TPSA) is 38.3 Å². The maximum Gasteiger partial charge on any atom is 0.320 e. The highest BCUT2D eigenvalue weighted by atomic mass is 19.1. The highest BCUT2D eigenvalue weighted by Gasteiger charge is 2.18. The quantitative estimate of drug-likeness (QED) is 0.832. The van der Waals surface area contributed by atoms with Crippen LogP contribution in [-0.4, -0.2) is 18.1 Å². The van der Waals surface area contributed by atoms with Crippen molar-refractivity contribution in [1.82, 2.24) is 5.32 Å². The van der Waals surface area contributed by atoms with Crippen LogP contribution in [0.15, 0.2) is 24.3 Å². The van der Waals surface area contributed by atoms with E-state index in [1.165, 1.54) is 6.07 Å². The average Bonchev–Trinajstić information content (AvgIpc) is 2.29. The normalized spacial score (nSPS) is 13.1. The zero-order valence-electron chi connectivity index (χ0n) is 12.0. The van der Waals surface area contributed by atoms with Gasteiger partial charge in [-0.2, -0.15) is 0 Å². The number of ether oxygens (including phenoxy) is 1. The summed E-state index contributed by atoms with van der Waals surface area (Å²) in [5, 5.41) is 3.03. The van der Waals surface area contributed by atoms with Crippen molar-refractivity contribution in [3.63, 3.8) is 0 Å². The van der Waals surface area contributed by atoms with Gasteiger partial charge in [0, 0.05) is 11.6 Å². The van der Waals surface area contributed by atoms with Crippen molar-refractivity contribution >= 4 is 5.97 Å². The molecule has 0 aromatic heterocycles. The Morgan fingerprint density at radius 2 is 2.00 bits per heavy atom. The predicted molar refractivity (Wildman–Crippen MR) is 73.3 cm³/mol. The van der Waals surface area contributed by atoms with Gasteiger partial charge in [-0.15, -0.1) is 0 Å². The third-order valence-corrected chi connectivity index (χ3v) is 2.60. The Labute approximate surface area is 114 Å². The Balaban J connectivity index is 2.59. The zero-order chi connectivity index (χ0) is 14.5. The molecule has 1 aromatic rings. The van der Waals surface area contributed by atoms with Gasteiger partial charge in [-0.1, -0.05) is 25.1 Å². The van der Waals surface area contributed by atoms with Crippen molar-refractivity contribution in [2.75, 3.05) is 6.54 Å². The summed E-state index contributed by atoms with van der Waals surface area (Å²) in [6.45, 7) is 7.47. The minimum Gasteiger partial charge on any atom is -0.459 e. The van der Waals surface area contributed by atoms with Crippen molar-refractivity contribution in [2.24, 2.45) is 0 Å². The van der Waals surface area contributed by atoms with Crippen LogP contribution in [0.1, 0.15) is 45.7 Å². The highest BCUT2D eigenvalue weighted by Crippen LogP contribution is 2.19. The molecule has 0 aliphatic heterocycles. The number of carbonyl (C=O) groups excluding carboxylic acids is 1. The number of rotatable bonds is 5. The van der Waals surface area contributed by atoms with E-state index in [1.807, 2.05) is 27.7 Å². The molecule has 0 radical (unpaired) electrons. The molecule has 0 heterocycles. The number of benzene rings is 1. The van der Waals surface area contributed by atoms with Crippen LogP contribution < -0.4 is 5.32 Å². The Bertz CT molecular complexity index is 426. The van der Waals surface area contributed by atoms with Gasteiger partial charge in [0.1, 0.15) is 11.4 Å². The van der Waals surface area contributed by atoms with Crippen molar-refractivity contribution in [2.45, 2.75) is 45.8 Å². The molecule has 1 unspecified atom stereocenters. The fourth-order valence-corrected chi connectivity index (χ4v) is 1.82. The van der Waals surface area contributed by atoms with Gasteiger partial charge in [0.05, 0.1) is 6.54 Å². The maximum absolute atomic E-state index is 13.7. The second-order valence-electron chi connectivity index (χ2n) is 5.45. The second kappa shape index (κ2) is 6.66. The van der Waals surface area contributed by atoms with Gasteiger partial charge in [0.2, 0.25) is 0 Å². The molecule has 1 N–H and O–H groups in total. The average molecular weight is 267 g/mol. The minimum atomic E-state index is -0.502. The first kappa shape index (κ1) is 15.6. The van der Waals surface area contributed by atoms with E-state index in [4.69, 9.17) is 4.74 Å². The molecule has 3 nitrogen and oxygen atoms in total. The first-order chi connectivity index (χ1) is 8.83. The molecule has 0 saturated heterocycles. The lowest BCUT2D eigenvalue weighted by molar-refractivity contribution is -0.153. The maximum atomic E-state index is 13.7. The van der Waals surface area contributed by atoms with Gasteiger partial charge in [0.25, 0.3) is 0 Å². The molecule has 1 aromatic carbocycles. The number of hydrogen-bond donors (Lipinski definition) is 1. The van der Waals surface area contributed by atoms with E-state index >= 15 is 0 Å². The van der Waals surface area contributed by atoms with E-state index in [2.05, 4.69) is 5.32 Å². The fourth-order valence-electron chi connectivity index (χ4n) is 1.82. The molecule has 0 saturated carbocycles. The van der Waals surface area contributed by atoms with Gasteiger partial charge >= 0.3 is 5.97 Å². The van der Waals surface area contributed by atoms with Crippen LogP contribution in [0, 0.1) is 5.82 Å². The van der Waals surface area contributed by atoms with Crippen molar-refractivity contribution in [3.05, 3.63) is 35.6 Å². The molecular formula is C15H22FNO2. The van der Waals surface area contributed by atoms with Gasteiger partial charge in [-0.05, 0) is 33.3 Å². The van der Waals surface area contributed by atoms with Crippen LogP contribution in [0.25, 0.3) is 0 Å². The van der Waals surface area contributed by atoms with Crippen LogP contribution in [0.3, 0.4) is 0 Å². The van der Waals surface area contributed by atoms with E-state index < -0.39 is 5.60 Å². The summed E-state index contributed by atoms with van der Waals surface area (Å²) in [7, 11) is 0. The summed E-state index contributed by atoms with van der Waals surface area (Å²) in [6.07, 6.45) is 0.698. The molecule has 0 fully saturated rings. The van der Waals surface area contributed by atoms with Crippen LogP contribution in [0.5, 0.6) is 0 Å². The molecule has 106 valence electrons. The lowest BCUT2D eigenvalue weighted by Crippen LogP contribution is -2.33. The van der Waals surface area contributed by atoms with Gasteiger partial charge in [0.15, 0.2) is 0 Å². The van der Waals surface area contributed by atoms with Crippen molar-refractivity contribution in [1.29, 1.82) is 0 Å². The monoisotopic (exact) mass is 267 g/mol. The largest absolute Gasteiger partial charge is 0.459 e. The van der Waals surface area contributed by atoms with Crippen molar-refractivity contribution < 1.29 is 13.9 Å². The molecule has 1 atom stereocenters. The van der Waals surface area contributed by atoms with Crippen LogP contribution in [0.4, 0.5) is 4.39 Å². The molecule has 0 bridgehead atoms. The lowest BCUT2D eigenvalue weighted by atomic mass is 10.0. The minimum absolute atomic E-state index is 0.0735. The fraction of sp³-hybridized carbons (Fsp3) is 0.533. The van der Waals surface area contributed by atoms with Gasteiger partial charge < -0.3 is 4.74 Å². The first-order valence-corrected chi connectivity index (χ1v) is 6.53. The number of halogens is 1. The molecule has 0 spiro atoms. The Morgan fingerprint density at radius 3 is 2.53 bits per heavy atom. The van der Waals surface area contributed by atoms with Crippen LogP contribution in [-0.2, 0) is 9.53 Å². The molecule has 4 heteroatoms. The summed E-state index contributed by atoms with van der Waals surface area (Å²) in [6, 6.07) is 6.41. The summed E-state index contributed by atoms with van der Waals surface area (Å²) < 4.78 is 18.9. The molecule has 0 aliphatic carbocycles. The third-order valence-electron chi connectivity index (χ3n) is 2.60. The SMILES string of the molecule is CCC(NCC(=O)OC(C)(C)C)c1ccccc1F. The van der Waals surface area contributed by atoms with E-state index in [0.717, 1.165) is 0 Å². The Hall–Kier alpha value is -1.42. The Morgan fingerprint density at radius 1 is 1.37 bits per heavy atom. The molecular weight excluding hydrogens is 245 g/mol. The van der Waals surface area contributed by atoms with Crippen LogP contribution in [0.2, 0.25) is 0 Å². The number of esters is 1. The molecule has 0 aliphatic rings. The molecule has 19 heavy (non-hydrogen) atoms. The van der Waals surface area contributed by atoms with Crippen molar-refractivity contribution in [3.8, 4) is 0 Å². The highest BCUT2D eigenvalue weighted by molar-refractivity contribution is 5.72. The van der Waals surface area contributed by atoms with Gasteiger partial charge in [-0.3, -0.25) is 10.1 Å².